The fourth-order valence-corrected chi connectivity index (χ4v) is 2.04. The normalized spacial score (nSPS) is 19.5. The SMILES string of the molecule is CCCCCCCOC(=O)NNC1CCCNC1. The number of nitrogens with one attached hydrogen (secondary N) is 3. The van der Waals surface area contributed by atoms with Gasteiger partial charge in [0.2, 0.25) is 0 Å². The third-order valence-electron chi connectivity index (χ3n) is 3.16. The Morgan fingerprint density at radius 2 is 2.17 bits per heavy atom. The average molecular weight is 257 g/mol. The predicted octanol–water partition coefficient (Wildman–Crippen LogP) is 1.94. The number of carbonyl (C=O) groups excluding carboxylic acids is 1. The van der Waals surface area contributed by atoms with Crippen LogP contribution in [0.4, 0.5) is 4.79 Å². The molecule has 5 nitrogen and oxygen atoms in total. The van der Waals surface area contributed by atoms with Crippen LogP contribution in [-0.2, 0) is 4.74 Å². The lowest BCUT2D eigenvalue weighted by Crippen LogP contribution is -2.51. The van der Waals surface area contributed by atoms with Crippen LogP contribution in [0.1, 0.15) is 51.9 Å². The zero-order valence-electron chi connectivity index (χ0n) is 11.5. The van der Waals surface area contributed by atoms with Crippen molar-refractivity contribution >= 4 is 6.09 Å². The number of amides is 1. The molecule has 1 aliphatic rings. The summed E-state index contributed by atoms with van der Waals surface area (Å²) in [6.45, 7) is 4.67. The first-order valence-electron chi connectivity index (χ1n) is 7.22. The number of rotatable bonds is 8. The molecule has 0 spiro atoms. The summed E-state index contributed by atoms with van der Waals surface area (Å²) in [5.41, 5.74) is 5.60. The van der Waals surface area contributed by atoms with E-state index in [9.17, 15) is 4.79 Å². The lowest BCUT2D eigenvalue weighted by atomic mass is 10.1. The van der Waals surface area contributed by atoms with E-state index < -0.39 is 0 Å². The molecule has 1 saturated heterocycles. The molecule has 0 bridgehead atoms. The molecular weight excluding hydrogens is 230 g/mol. The summed E-state index contributed by atoms with van der Waals surface area (Å²) < 4.78 is 5.08. The highest BCUT2D eigenvalue weighted by Crippen LogP contribution is 2.02. The Hall–Kier alpha value is -0.810. The van der Waals surface area contributed by atoms with Crippen LogP contribution < -0.4 is 16.2 Å². The number of hydrazine groups is 1. The largest absolute Gasteiger partial charge is 0.449 e. The molecule has 1 amide bonds. The molecule has 18 heavy (non-hydrogen) atoms. The first-order valence-corrected chi connectivity index (χ1v) is 7.22. The first-order chi connectivity index (χ1) is 8.83. The van der Waals surface area contributed by atoms with E-state index in [4.69, 9.17) is 4.74 Å². The first kappa shape index (κ1) is 15.2. The molecular formula is C13H27N3O2. The van der Waals surface area contributed by atoms with Crippen molar-refractivity contribution in [2.24, 2.45) is 0 Å². The molecule has 0 aromatic heterocycles. The number of unbranched alkanes of at least 4 members (excludes halogenated alkanes) is 4. The third-order valence-corrected chi connectivity index (χ3v) is 3.16. The van der Waals surface area contributed by atoms with Gasteiger partial charge >= 0.3 is 6.09 Å². The zero-order chi connectivity index (χ0) is 13.1. The molecule has 1 unspecified atom stereocenters. The second-order valence-electron chi connectivity index (χ2n) is 4.86. The van der Waals surface area contributed by atoms with Crippen molar-refractivity contribution in [2.45, 2.75) is 57.9 Å². The summed E-state index contributed by atoms with van der Waals surface area (Å²) in [4.78, 5) is 11.4. The van der Waals surface area contributed by atoms with Gasteiger partial charge in [-0.1, -0.05) is 32.6 Å². The van der Waals surface area contributed by atoms with Crippen LogP contribution in [0.2, 0.25) is 0 Å². The standard InChI is InChI=1S/C13H27N3O2/c1-2-3-4-5-6-10-18-13(17)16-15-12-8-7-9-14-11-12/h12,14-15H,2-11H2,1H3,(H,16,17). The van der Waals surface area contributed by atoms with Gasteiger partial charge in [0, 0.05) is 12.6 Å². The zero-order valence-corrected chi connectivity index (χ0v) is 11.5. The molecule has 1 rings (SSSR count). The van der Waals surface area contributed by atoms with Crippen LogP contribution in [0.5, 0.6) is 0 Å². The van der Waals surface area contributed by atoms with E-state index in [1.807, 2.05) is 0 Å². The van der Waals surface area contributed by atoms with Gasteiger partial charge in [0.1, 0.15) is 0 Å². The minimum absolute atomic E-state index is 0.316. The third kappa shape index (κ3) is 7.50. The van der Waals surface area contributed by atoms with E-state index in [2.05, 4.69) is 23.1 Å². The van der Waals surface area contributed by atoms with E-state index >= 15 is 0 Å². The van der Waals surface area contributed by atoms with Gasteiger partial charge in [0.05, 0.1) is 6.61 Å². The maximum atomic E-state index is 11.4. The van der Waals surface area contributed by atoms with Crippen LogP contribution in [-0.4, -0.2) is 31.8 Å². The van der Waals surface area contributed by atoms with Gasteiger partial charge in [-0.2, -0.15) is 0 Å². The molecule has 1 heterocycles. The number of piperidine rings is 1. The molecule has 5 heteroatoms. The van der Waals surface area contributed by atoms with Crippen LogP contribution >= 0.6 is 0 Å². The van der Waals surface area contributed by atoms with Crippen molar-refractivity contribution in [3.8, 4) is 0 Å². The summed E-state index contributed by atoms with van der Waals surface area (Å²) in [6, 6.07) is 0.316. The topological polar surface area (TPSA) is 62.4 Å². The van der Waals surface area contributed by atoms with Gasteiger partial charge < -0.3 is 10.1 Å². The summed E-state index contributed by atoms with van der Waals surface area (Å²) >= 11 is 0. The second-order valence-corrected chi connectivity index (χ2v) is 4.86. The Labute approximate surface area is 110 Å². The summed E-state index contributed by atoms with van der Waals surface area (Å²) in [5, 5.41) is 3.28. The van der Waals surface area contributed by atoms with E-state index in [0.29, 0.717) is 12.6 Å². The molecule has 0 radical (unpaired) electrons. The van der Waals surface area contributed by atoms with Crippen molar-refractivity contribution < 1.29 is 9.53 Å². The number of hydrogen-bond acceptors (Lipinski definition) is 4. The van der Waals surface area contributed by atoms with Crippen LogP contribution in [0.25, 0.3) is 0 Å². The molecule has 106 valence electrons. The Morgan fingerprint density at radius 1 is 1.33 bits per heavy atom. The molecule has 0 aromatic carbocycles. The van der Waals surface area contributed by atoms with E-state index in [0.717, 1.165) is 38.8 Å². The van der Waals surface area contributed by atoms with E-state index in [1.165, 1.54) is 19.3 Å². The van der Waals surface area contributed by atoms with Crippen molar-refractivity contribution in [1.82, 2.24) is 16.2 Å². The monoisotopic (exact) mass is 257 g/mol. The molecule has 1 fully saturated rings. The number of carbonyl (C=O) groups is 1. The Morgan fingerprint density at radius 3 is 2.89 bits per heavy atom. The smallest absolute Gasteiger partial charge is 0.421 e. The van der Waals surface area contributed by atoms with E-state index in [-0.39, 0.29) is 6.09 Å². The number of hydrogen-bond donors (Lipinski definition) is 3. The molecule has 3 N–H and O–H groups in total. The maximum Gasteiger partial charge on any atom is 0.421 e. The lowest BCUT2D eigenvalue weighted by molar-refractivity contribution is 0.136. The fourth-order valence-electron chi connectivity index (χ4n) is 2.04. The molecule has 0 aliphatic carbocycles. The van der Waals surface area contributed by atoms with Gasteiger partial charge in [-0.05, 0) is 25.8 Å². The van der Waals surface area contributed by atoms with Crippen molar-refractivity contribution in [3.63, 3.8) is 0 Å². The van der Waals surface area contributed by atoms with Crippen molar-refractivity contribution in [3.05, 3.63) is 0 Å². The lowest BCUT2D eigenvalue weighted by Gasteiger charge is -2.23. The van der Waals surface area contributed by atoms with E-state index in [1.54, 1.807) is 0 Å². The Kier molecular flexibility index (Phi) is 8.59. The van der Waals surface area contributed by atoms with Crippen molar-refractivity contribution in [1.29, 1.82) is 0 Å². The molecule has 0 aromatic rings. The highest BCUT2D eigenvalue weighted by molar-refractivity contribution is 5.66. The summed E-state index contributed by atoms with van der Waals surface area (Å²) in [6.07, 6.45) is 7.70. The van der Waals surface area contributed by atoms with Crippen molar-refractivity contribution in [2.75, 3.05) is 19.7 Å². The number of ether oxygens (including phenoxy) is 1. The molecule has 1 aliphatic heterocycles. The molecule has 1 atom stereocenters. The Bertz CT molecular complexity index is 218. The highest BCUT2D eigenvalue weighted by atomic mass is 16.6. The minimum atomic E-state index is -0.365. The maximum absolute atomic E-state index is 11.4. The van der Waals surface area contributed by atoms with Gasteiger partial charge in [0.15, 0.2) is 0 Å². The highest BCUT2D eigenvalue weighted by Gasteiger charge is 2.13. The van der Waals surface area contributed by atoms with Crippen LogP contribution in [0.3, 0.4) is 0 Å². The van der Waals surface area contributed by atoms with Gasteiger partial charge in [-0.3, -0.25) is 5.43 Å². The summed E-state index contributed by atoms with van der Waals surface area (Å²) in [7, 11) is 0. The van der Waals surface area contributed by atoms with Crippen LogP contribution in [0.15, 0.2) is 0 Å². The average Bonchev–Trinajstić information content (AvgIpc) is 2.41. The van der Waals surface area contributed by atoms with Gasteiger partial charge in [-0.15, -0.1) is 0 Å². The fraction of sp³-hybridized carbons (Fsp3) is 0.923. The van der Waals surface area contributed by atoms with Gasteiger partial charge in [0.25, 0.3) is 0 Å². The second kappa shape index (κ2) is 10.1. The van der Waals surface area contributed by atoms with Gasteiger partial charge in [-0.25, -0.2) is 10.2 Å². The molecule has 0 saturated carbocycles. The van der Waals surface area contributed by atoms with Crippen LogP contribution in [0, 0.1) is 0 Å². The Balaban J connectivity index is 1.90. The predicted molar refractivity (Wildman–Crippen MR) is 72.3 cm³/mol. The summed E-state index contributed by atoms with van der Waals surface area (Å²) in [5.74, 6) is 0. The quantitative estimate of drug-likeness (QED) is 0.459. The minimum Gasteiger partial charge on any atom is -0.449 e.